The molecule has 1 N–H and O–H groups in total. The Balaban J connectivity index is 2.38. The SMILES string of the molecule is Cc1ccc2c(c1)nc(C)n2-c1cc(C(C)(C)C)c(O)c(C(C)(C)C)c1. The molecule has 0 atom stereocenters. The third-order valence-electron chi connectivity index (χ3n) is 4.95. The van der Waals surface area contributed by atoms with Crippen molar-refractivity contribution in [3.05, 3.63) is 52.8 Å². The maximum Gasteiger partial charge on any atom is 0.123 e. The molecule has 0 unspecified atom stereocenters. The minimum Gasteiger partial charge on any atom is -0.507 e. The number of aromatic hydroxyl groups is 1. The molecule has 0 bridgehead atoms. The van der Waals surface area contributed by atoms with E-state index in [2.05, 4.69) is 83.4 Å². The first-order chi connectivity index (χ1) is 11.9. The van der Waals surface area contributed by atoms with Crippen LogP contribution in [0, 0.1) is 13.8 Å². The molecule has 3 aromatic rings. The van der Waals surface area contributed by atoms with Crippen molar-refractivity contribution in [1.29, 1.82) is 0 Å². The highest BCUT2D eigenvalue weighted by Gasteiger charge is 2.27. The number of phenolic OH excluding ortho intramolecular Hbond substituents is 1. The van der Waals surface area contributed by atoms with Crippen molar-refractivity contribution >= 4 is 11.0 Å². The number of benzene rings is 2. The number of nitrogens with zero attached hydrogens (tertiary/aromatic N) is 2. The highest BCUT2D eigenvalue weighted by Crippen LogP contribution is 2.41. The number of fused-ring (bicyclic) bond motifs is 1. The second-order valence-corrected chi connectivity index (χ2v) is 9.38. The van der Waals surface area contributed by atoms with Crippen molar-refractivity contribution in [2.75, 3.05) is 0 Å². The molecule has 3 nitrogen and oxygen atoms in total. The molecule has 1 heterocycles. The van der Waals surface area contributed by atoms with Gasteiger partial charge in [0.2, 0.25) is 0 Å². The van der Waals surface area contributed by atoms with E-state index in [0.29, 0.717) is 5.75 Å². The number of aryl methyl sites for hydroxylation is 2. The van der Waals surface area contributed by atoms with Gasteiger partial charge in [0.1, 0.15) is 11.6 Å². The largest absolute Gasteiger partial charge is 0.507 e. The average molecular weight is 351 g/mol. The van der Waals surface area contributed by atoms with Crippen LogP contribution in [0.3, 0.4) is 0 Å². The number of rotatable bonds is 1. The van der Waals surface area contributed by atoms with Crippen molar-refractivity contribution in [3.63, 3.8) is 0 Å². The zero-order valence-corrected chi connectivity index (χ0v) is 17.2. The number of hydrogen-bond donors (Lipinski definition) is 1. The number of phenols is 1. The Morgan fingerprint density at radius 1 is 0.846 bits per heavy atom. The second kappa shape index (κ2) is 5.87. The lowest BCUT2D eigenvalue weighted by Gasteiger charge is -2.28. The molecule has 2 aromatic carbocycles. The lowest BCUT2D eigenvalue weighted by Crippen LogP contribution is -2.18. The van der Waals surface area contributed by atoms with Gasteiger partial charge in [-0.3, -0.25) is 4.57 Å². The molecule has 0 saturated heterocycles. The first kappa shape index (κ1) is 18.5. The van der Waals surface area contributed by atoms with Crippen LogP contribution in [0.2, 0.25) is 0 Å². The zero-order valence-electron chi connectivity index (χ0n) is 17.2. The van der Waals surface area contributed by atoms with Crippen molar-refractivity contribution in [3.8, 4) is 11.4 Å². The molecular weight excluding hydrogens is 320 g/mol. The topological polar surface area (TPSA) is 38.0 Å². The summed E-state index contributed by atoms with van der Waals surface area (Å²) in [5.41, 5.74) is 5.99. The summed E-state index contributed by atoms with van der Waals surface area (Å²) >= 11 is 0. The predicted molar refractivity (Wildman–Crippen MR) is 110 cm³/mol. The van der Waals surface area contributed by atoms with Gasteiger partial charge in [-0.15, -0.1) is 0 Å². The van der Waals surface area contributed by atoms with E-state index < -0.39 is 0 Å². The molecule has 0 spiro atoms. The van der Waals surface area contributed by atoms with Gasteiger partial charge in [-0.25, -0.2) is 4.98 Å². The molecule has 0 fully saturated rings. The highest BCUT2D eigenvalue weighted by molar-refractivity contribution is 5.79. The summed E-state index contributed by atoms with van der Waals surface area (Å²) in [5, 5.41) is 11.0. The van der Waals surface area contributed by atoms with Gasteiger partial charge in [-0.1, -0.05) is 47.6 Å². The van der Waals surface area contributed by atoms with E-state index in [4.69, 9.17) is 4.98 Å². The summed E-state index contributed by atoms with van der Waals surface area (Å²) in [6.45, 7) is 17.0. The molecule has 138 valence electrons. The molecule has 26 heavy (non-hydrogen) atoms. The van der Waals surface area contributed by atoms with Crippen LogP contribution >= 0.6 is 0 Å². The van der Waals surface area contributed by atoms with Crippen molar-refractivity contribution in [2.24, 2.45) is 0 Å². The number of imidazole rings is 1. The van der Waals surface area contributed by atoms with Crippen molar-refractivity contribution in [1.82, 2.24) is 9.55 Å². The minimum atomic E-state index is -0.152. The Hall–Kier alpha value is -2.29. The summed E-state index contributed by atoms with van der Waals surface area (Å²) in [6.07, 6.45) is 0. The van der Waals surface area contributed by atoms with E-state index in [1.807, 2.05) is 6.92 Å². The fourth-order valence-electron chi connectivity index (χ4n) is 3.53. The summed E-state index contributed by atoms with van der Waals surface area (Å²) in [5.74, 6) is 1.36. The molecule has 0 aliphatic rings. The number of hydrogen-bond acceptors (Lipinski definition) is 2. The molecule has 0 amide bonds. The first-order valence-electron chi connectivity index (χ1n) is 9.23. The Morgan fingerprint density at radius 2 is 1.38 bits per heavy atom. The Kier molecular flexibility index (Phi) is 4.18. The van der Waals surface area contributed by atoms with Crippen LogP contribution in [-0.2, 0) is 10.8 Å². The lowest BCUT2D eigenvalue weighted by atomic mass is 9.79. The van der Waals surface area contributed by atoms with E-state index >= 15 is 0 Å². The highest BCUT2D eigenvalue weighted by atomic mass is 16.3. The number of aromatic nitrogens is 2. The van der Waals surface area contributed by atoms with Crippen molar-refractivity contribution < 1.29 is 5.11 Å². The van der Waals surface area contributed by atoms with E-state index in [1.54, 1.807) is 0 Å². The summed E-state index contributed by atoms with van der Waals surface area (Å²) in [7, 11) is 0. The Labute approximate surface area is 156 Å². The molecule has 0 aliphatic carbocycles. The average Bonchev–Trinajstić information content (AvgIpc) is 2.80. The molecule has 1 aromatic heterocycles. The summed E-state index contributed by atoms with van der Waals surface area (Å²) in [6, 6.07) is 10.6. The molecule has 0 aliphatic heterocycles. The minimum absolute atomic E-state index is 0.152. The molecular formula is C23H30N2O. The van der Waals surface area contributed by atoms with Crippen LogP contribution in [-0.4, -0.2) is 14.7 Å². The van der Waals surface area contributed by atoms with Gasteiger partial charge in [-0.05, 0) is 54.5 Å². The van der Waals surface area contributed by atoms with Gasteiger partial charge in [0, 0.05) is 16.8 Å². The normalized spacial score (nSPS) is 12.8. The van der Waals surface area contributed by atoms with Crippen LogP contribution in [0.25, 0.3) is 16.7 Å². The summed E-state index contributed by atoms with van der Waals surface area (Å²) in [4.78, 5) is 4.76. The standard InChI is InChI=1S/C23H30N2O/c1-14-9-10-20-19(11-14)24-15(2)25(20)16-12-17(22(3,4)5)21(26)18(13-16)23(6,7)8/h9-13,26H,1-8H3. The van der Waals surface area contributed by atoms with Gasteiger partial charge in [0.25, 0.3) is 0 Å². The van der Waals surface area contributed by atoms with Gasteiger partial charge in [0.05, 0.1) is 11.0 Å². The van der Waals surface area contributed by atoms with E-state index in [-0.39, 0.29) is 10.8 Å². The first-order valence-corrected chi connectivity index (χ1v) is 9.23. The van der Waals surface area contributed by atoms with Crippen molar-refractivity contribution in [2.45, 2.75) is 66.2 Å². The van der Waals surface area contributed by atoms with Crippen LogP contribution in [0.1, 0.15) is 64.1 Å². The summed E-state index contributed by atoms with van der Waals surface area (Å²) < 4.78 is 2.19. The zero-order chi connectivity index (χ0) is 19.4. The van der Waals surface area contributed by atoms with Crippen LogP contribution in [0.15, 0.2) is 30.3 Å². The van der Waals surface area contributed by atoms with Crippen LogP contribution in [0.4, 0.5) is 0 Å². The van der Waals surface area contributed by atoms with Gasteiger partial charge >= 0.3 is 0 Å². The molecule has 0 saturated carbocycles. The second-order valence-electron chi connectivity index (χ2n) is 9.38. The third kappa shape index (κ3) is 3.11. The predicted octanol–water partition coefficient (Wildman–Crippen LogP) is 5.94. The molecule has 3 rings (SSSR count). The molecule has 0 radical (unpaired) electrons. The maximum atomic E-state index is 11.0. The van der Waals surface area contributed by atoms with E-state index in [9.17, 15) is 5.11 Å². The van der Waals surface area contributed by atoms with Gasteiger partial charge in [-0.2, -0.15) is 0 Å². The quantitative estimate of drug-likeness (QED) is 0.589. The van der Waals surface area contributed by atoms with Gasteiger partial charge < -0.3 is 5.11 Å². The Bertz CT molecular complexity index is 947. The van der Waals surface area contributed by atoms with Crippen LogP contribution in [0.5, 0.6) is 5.75 Å². The van der Waals surface area contributed by atoms with Crippen LogP contribution < -0.4 is 0 Å². The lowest BCUT2D eigenvalue weighted by molar-refractivity contribution is 0.423. The maximum absolute atomic E-state index is 11.0. The third-order valence-corrected chi connectivity index (χ3v) is 4.95. The van der Waals surface area contributed by atoms with E-state index in [0.717, 1.165) is 33.7 Å². The smallest absolute Gasteiger partial charge is 0.123 e. The monoisotopic (exact) mass is 350 g/mol. The Morgan fingerprint density at radius 3 is 1.88 bits per heavy atom. The fraction of sp³-hybridized carbons (Fsp3) is 0.435. The van der Waals surface area contributed by atoms with Gasteiger partial charge in [0.15, 0.2) is 0 Å². The fourth-order valence-corrected chi connectivity index (χ4v) is 3.53. The molecule has 3 heteroatoms. The van der Waals surface area contributed by atoms with E-state index in [1.165, 1.54) is 5.56 Å².